The molecule has 0 bridgehead atoms. The van der Waals surface area contributed by atoms with E-state index in [9.17, 15) is 9.90 Å². The first-order valence-electron chi connectivity index (χ1n) is 7.13. The van der Waals surface area contributed by atoms with E-state index in [4.69, 9.17) is 4.74 Å². The molecule has 0 aliphatic rings. The Balaban J connectivity index is 5.22. The van der Waals surface area contributed by atoms with Crippen LogP contribution in [0.2, 0.25) is 0 Å². The molecular weight excluding hydrogens is 258 g/mol. The summed E-state index contributed by atoms with van der Waals surface area (Å²) in [5.74, 6) is 0.429. The molecule has 0 saturated carbocycles. The predicted molar refractivity (Wildman–Crippen MR) is 80.7 cm³/mol. The van der Waals surface area contributed by atoms with Crippen LogP contribution < -0.4 is 0 Å². The molecule has 0 saturated heterocycles. The number of hydrogen-bond acceptors (Lipinski definition) is 4. The Morgan fingerprint density at radius 1 is 1.30 bits per heavy atom. The third-order valence-corrected chi connectivity index (χ3v) is 2.60. The second-order valence-electron chi connectivity index (χ2n) is 5.50. The van der Waals surface area contributed by atoms with Gasteiger partial charge in [-0.3, -0.25) is 4.99 Å². The molecule has 6 heteroatoms. The number of hydrogen-bond donors (Lipinski definition) is 1. The van der Waals surface area contributed by atoms with Crippen LogP contribution in [0.25, 0.3) is 0 Å². The highest BCUT2D eigenvalue weighted by Gasteiger charge is 2.28. The minimum Gasteiger partial charge on any atom is -0.443 e. The van der Waals surface area contributed by atoms with Gasteiger partial charge in [-0.2, -0.15) is 0 Å². The molecule has 1 atom stereocenters. The third kappa shape index (κ3) is 5.77. The van der Waals surface area contributed by atoms with Gasteiger partial charge in [-0.1, -0.05) is 6.92 Å². The number of guanidine groups is 1. The highest BCUT2D eigenvalue weighted by molar-refractivity contribution is 5.94. The van der Waals surface area contributed by atoms with Gasteiger partial charge in [0.1, 0.15) is 11.8 Å². The molecule has 6 nitrogen and oxygen atoms in total. The maximum Gasteiger partial charge on any atom is 0.417 e. The van der Waals surface area contributed by atoms with Gasteiger partial charge in [-0.25, -0.2) is 9.69 Å². The van der Waals surface area contributed by atoms with E-state index in [2.05, 4.69) is 4.99 Å². The van der Waals surface area contributed by atoms with Crippen molar-refractivity contribution >= 4 is 12.1 Å². The average Bonchev–Trinajstić information content (AvgIpc) is 2.34. The average molecular weight is 287 g/mol. The first-order chi connectivity index (χ1) is 9.17. The van der Waals surface area contributed by atoms with Gasteiger partial charge >= 0.3 is 6.09 Å². The van der Waals surface area contributed by atoms with Crippen LogP contribution in [0.1, 0.15) is 48.0 Å². The van der Waals surface area contributed by atoms with Crippen molar-refractivity contribution in [2.24, 2.45) is 4.99 Å². The van der Waals surface area contributed by atoms with Crippen LogP contribution in [0.5, 0.6) is 0 Å². The second-order valence-corrected chi connectivity index (χ2v) is 5.50. The van der Waals surface area contributed by atoms with Crippen LogP contribution in [0.15, 0.2) is 4.99 Å². The normalized spacial score (nSPS) is 13.9. The number of aliphatic imine (C=N–C) groups is 1. The Morgan fingerprint density at radius 2 is 1.85 bits per heavy atom. The Hall–Kier alpha value is -1.30. The predicted octanol–water partition coefficient (Wildman–Crippen LogP) is 2.28. The molecule has 0 fully saturated rings. The first kappa shape index (κ1) is 18.7. The van der Waals surface area contributed by atoms with E-state index in [1.165, 1.54) is 4.90 Å². The smallest absolute Gasteiger partial charge is 0.417 e. The van der Waals surface area contributed by atoms with Gasteiger partial charge in [0.2, 0.25) is 5.96 Å². The van der Waals surface area contributed by atoms with E-state index in [1.807, 2.05) is 41.5 Å². The molecule has 0 heterocycles. The number of nitrogens with zero attached hydrogens (tertiary/aromatic N) is 3. The number of carbonyl (C=O) groups is 1. The molecule has 0 rings (SSSR count). The van der Waals surface area contributed by atoms with Crippen LogP contribution in [0, 0.1) is 0 Å². The van der Waals surface area contributed by atoms with Crippen molar-refractivity contribution in [2.75, 3.05) is 20.1 Å². The molecule has 118 valence electrons. The standard InChI is InChI=1S/C14H29N3O3/c1-8-11(18)16(7)12(15-9-2)17(10-3)13(19)20-14(4,5)6/h11,18H,8-10H2,1-7H3. The fourth-order valence-electron chi connectivity index (χ4n) is 1.61. The lowest BCUT2D eigenvalue weighted by Crippen LogP contribution is -2.50. The topological polar surface area (TPSA) is 65.4 Å². The molecule has 0 aliphatic heterocycles. The quantitative estimate of drug-likeness (QED) is 0.489. The van der Waals surface area contributed by atoms with E-state index >= 15 is 0 Å². The zero-order valence-corrected chi connectivity index (χ0v) is 13.8. The SMILES string of the molecule is CCN=C(N(CC)C(=O)OC(C)(C)C)N(C)C(O)CC. The van der Waals surface area contributed by atoms with Crippen molar-refractivity contribution in [1.82, 2.24) is 9.80 Å². The maximum absolute atomic E-state index is 12.2. The molecule has 1 amide bonds. The zero-order chi connectivity index (χ0) is 15.9. The maximum atomic E-state index is 12.2. The molecule has 0 aliphatic carbocycles. The van der Waals surface area contributed by atoms with Crippen molar-refractivity contribution in [3.05, 3.63) is 0 Å². The number of ether oxygens (including phenoxy) is 1. The lowest BCUT2D eigenvalue weighted by Gasteiger charge is -2.33. The fraction of sp³-hybridized carbons (Fsp3) is 0.857. The summed E-state index contributed by atoms with van der Waals surface area (Å²) in [6.45, 7) is 12.0. The monoisotopic (exact) mass is 287 g/mol. The van der Waals surface area contributed by atoms with Gasteiger partial charge in [0.15, 0.2) is 0 Å². The summed E-state index contributed by atoms with van der Waals surface area (Å²) in [6, 6.07) is 0. The first-order valence-corrected chi connectivity index (χ1v) is 7.13. The van der Waals surface area contributed by atoms with Crippen molar-refractivity contribution in [1.29, 1.82) is 0 Å². The number of carbonyl (C=O) groups excluding carboxylic acids is 1. The van der Waals surface area contributed by atoms with Gasteiger partial charge in [-0.05, 0) is 41.0 Å². The van der Waals surface area contributed by atoms with Crippen molar-refractivity contribution in [3.63, 3.8) is 0 Å². The summed E-state index contributed by atoms with van der Waals surface area (Å²) < 4.78 is 5.38. The van der Waals surface area contributed by atoms with E-state index in [0.29, 0.717) is 25.5 Å². The Labute approximate surface area is 122 Å². The molecule has 1 N–H and O–H groups in total. The molecule has 1 unspecified atom stereocenters. The van der Waals surface area contributed by atoms with Gasteiger partial charge < -0.3 is 14.7 Å². The van der Waals surface area contributed by atoms with E-state index in [1.54, 1.807) is 11.9 Å². The van der Waals surface area contributed by atoms with Crippen LogP contribution in [-0.4, -0.2) is 58.9 Å². The largest absolute Gasteiger partial charge is 0.443 e. The van der Waals surface area contributed by atoms with Crippen molar-refractivity contribution < 1.29 is 14.6 Å². The lowest BCUT2D eigenvalue weighted by molar-refractivity contribution is 0.0274. The van der Waals surface area contributed by atoms with Gasteiger partial charge in [0.25, 0.3) is 0 Å². The van der Waals surface area contributed by atoms with Crippen molar-refractivity contribution in [2.45, 2.75) is 59.8 Å². The number of aliphatic hydroxyl groups excluding tert-OH is 1. The highest BCUT2D eigenvalue weighted by Crippen LogP contribution is 2.12. The molecule has 0 aromatic rings. The molecule has 0 radical (unpaired) electrons. The number of aliphatic hydroxyl groups is 1. The third-order valence-electron chi connectivity index (χ3n) is 2.60. The van der Waals surface area contributed by atoms with E-state index in [-0.39, 0.29) is 0 Å². The molecule has 0 aromatic heterocycles. The fourth-order valence-corrected chi connectivity index (χ4v) is 1.61. The lowest BCUT2D eigenvalue weighted by atomic mass is 10.2. The summed E-state index contributed by atoms with van der Waals surface area (Å²) in [7, 11) is 1.72. The van der Waals surface area contributed by atoms with Crippen LogP contribution in [0.4, 0.5) is 4.79 Å². The highest BCUT2D eigenvalue weighted by atomic mass is 16.6. The van der Waals surface area contributed by atoms with Crippen LogP contribution >= 0.6 is 0 Å². The molecular formula is C14H29N3O3. The zero-order valence-electron chi connectivity index (χ0n) is 13.8. The minimum absolute atomic E-state index is 0.425. The molecule has 0 aromatic carbocycles. The molecule has 0 spiro atoms. The van der Waals surface area contributed by atoms with Crippen molar-refractivity contribution in [3.8, 4) is 0 Å². The van der Waals surface area contributed by atoms with Gasteiger partial charge in [-0.15, -0.1) is 0 Å². The minimum atomic E-state index is -0.684. The Morgan fingerprint density at radius 3 is 2.20 bits per heavy atom. The molecule has 20 heavy (non-hydrogen) atoms. The van der Waals surface area contributed by atoms with Gasteiger partial charge in [0, 0.05) is 20.1 Å². The summed E-state index contributed by atoms with van der Waals surface area (Å²) in [4.78, 5) is 19.6. The van der Waals surface area contributed by atoms with E-state index in [0.717, 1.165) is 0 Å². The number of amides is 1. The van der Waals surface area contributed by atoms with Gasteiger partial charge in [0.05, 0.1) is 0 Å². The summed E-state index contributed by atoms with van der Waals surface area (Å²) in [6.07, 6.45) is -0.593. The van der Waals surface area contributed by atoms with E-state index < -0.39 is 17.9 Å². The number of rotatable bonds is 4. The Bertz CT molecular complexity index is 337. The summed E-state index contributed by atoms with van der Waals surface area (Å²) >= 11 is 0. The van der Waals surface area contributed by atoms with Crippen LogP contribution in [-0.2, 0) is 4.74 Å². The van der Waals surface area contributed by atoms with Crippen LogP contribution in [0.3, 0.4) is 0 Å². The summed E-state index contributed by atoms with van der Waals surface area (Å²) in [5.41, 5.74) is -0.566. The summed E-state index contributed by atoms with van der Waals surface area (Å²) in [5, 5.41) is 9.95. The second kappa shape index (κ2) is 8.09. The Kier molecular flexibility index (Phi) is 7.57.